The van der Waals surface area contributed by atoms with Crippen LogP contribution in [0.25, 0.3) is 16.3 Å². The van der Waals surface area contributed by atoms with Gasteiger partial charge in [0.15, 0.2) is 6.54 Å². The third kappa shape index (κ3) is 15.9. The minimum absolute atomic E-state index is 0. The van der Waals surface area contributed by atoms with Crippen LogP contribution >= 0.6 is 23.1 Å². The summed E-state index contributed by atoms with van der Waals surface area (Å²) in [4.78, 5) is 85.1. The van der Waals surface area contributed by atoms with E-state index in [2.05, 4.69) is 9.47 Å². The van der Waals surface area contributed by atoms with Crippen LogP contribution in [0.4, 0.5) is 5.69 Å². The van der Waals surface area contributed by atoms with Crippen molar-refractivity contribution in [2.24, 2.45) is 0 Å². The molecule has 2 aromatic carbocycles. The van der Waals surface area contributed by atoms with E-state index in [0.717, 1.165) is 42.0 Å². The average molecular weight is 1010 g/mol. The number of aromatic nitrogens is 1. The fraction of sp³-hybridized carbons (Fsp3) is 0.465. The standard InChI is InChI=1S/C43H50N4O14S4.K/c48-36-20-21-37(49)46(36)60-42(52)14-3-1-5-24-44-32-18-16-30(10-8-26-64(54,55)56)28-34(32)62-40(44)12-7-13-41-45(25-6-2-4-15-43(53)61-47-38(50)22-23-39(47)51)33-19-17-31(29-35(33)63-41)11-9-27-65(57,58)59;/h7,12-13,16-19,28-29H,1-6,8-11,14-15,20-27H2,(H-,54,55,56,57,58,59);/q;+1/p-1. The average Bonchev–Trinajstić information content (AvgIpc) is 3.96. The molecule has 0 radical (unpaired) electrons. The molecule has 0 unspecified atom stereocenters. The molecule has 4 amide bonds. The molecule has 2 saturated heterocycles. The largest absolute Gasteiger partial charge is 1.00 e. The van der Waals surface area contributed by atoms with Gasteiger partial charge in [-0.05, 0) is 86.8 Å². The molecule has 3 aromatic rings. The molecule has 2 fully saturated rings. The number of nitrogens with zero attached hydrogens (tertiary/aromatic N) is 4. The molecular formula is C43H49KN4O14S4. The van der Waals surface area contributed by atoms with Gasteiger partial charge in [-0.1, -0.05) is 47.7 Å². The molecule has 0 spiro atoms. The van der Waals surface area contributed by atoms with Gasteiger partial charge in [0.2, 0.25) is 5.52 Å². The molecule has 350 valence electrons. The van der Waals surface area contributed by atoms with Gasteiger partial charge in [-0.25, -0.2) is 26.4 Å². The Morgan fingerprint density at radius 3 is 1.79 bits per heavy atom. The third-order valence-electron chi connectivity index (χ3n) is 10.7. The quantitative estimate of drug-likeness (QED) is 0.0409. The van der Waals surface area contributed by atoms with E-state index in [4.69, 9.17) is 9.68 Å². The summed E-state index contributed by atoms with van der Waals surface area (Å²) in [5, 5.41) is 2.91. The van der Waals surface area contributed by atoms with E-state index in [0.29, 0.717) is 74.6 Å². The minimum atomic E-state index is -4.34. The van der Waals surface area contributed by atoms with E-state index in [-0.39, 0.29) is 103 Å². The summed E-state index contributed by atoms with van der Waals surface area (Å²) in [6.07, 6.45) is 10.9. The van der Waals surface area contributed by atoms with Crippen LogP contribution < -0.4 is 60.9 Å². The number of thiazole rings is 1. The van der Waals surface area contributed by atoms with Crippen LogP contribution in [-0.2, 0) is 78.1 Å². The number of rotatable bonds is 24. The van der Waals surface area contributed by atoms with Crippen molar-refractivity contribution in [3.05, 3.63) is 69.7 Å². The number of unbranched alkanes of at least 4 members (excludes halogenated alkanes) is 4. The van der Waals surface area contributed by atoms with Crippen molar-refractivity contribution in [1.82, 2.24) is 10.1 Å². The molecule has 23 heteroatoms. The third-order valence-corrected chi connectivity index (χ3v) is 14.5. The zero-order valence-corrected chi connectivity index (χ0v) is 42.9. The van der Waals surface area contributed by atoms with Gasteiger partial charge in [-0.2, -0.15) is 4.57 Å². The number of hydroxylamine groups is 4. The van der Waals surface area contributed by atoms with Crippen LogP contribution in [0.15, 0.2) is 58.5 Å². The Kier molecular flexibility index (Phi) is 20.1. The smallest absolute Gasteiger partial charge is 0.748 e. The number of carbonyl (C=O) groups excluding carboxylic acids is 6. The number of thioether (sulfide) groups is 1. The molecular weight excluding hydrogens is 964 g/mol. The van der Waals surface area contributed by atoms with E-state index in [1.807, 2.05) is 54.6 Å². The van der Waals surface area contributed by atoms with Gasteiger partial charge in [0.1, 0.15) is 4.70 Å². The molecule has 0 atom stereocenters. The van der Waals surface area contributed by atoms with Crippen molar-refractivity contribution in [3.63, 3.8) is 0 Å². The molecule has 18 nitrogen and oxygen atoms in total. The SMILES string of the molecule is O=C(CCCCCN1/C(=C/C=C/c2sc3cc(CCCS(=O)(=O)[O-])ccc3[n+]2CCCCCC(=O)ON2C(=O)CCC2=O)Sc2cc(CCCS(=O)(=O)[O-])ccc21)ON1C(=O)CCC1=O.[K+]. The summed E-state index contributed by atoms with van der Waals surface area (Å²) < 4.78 is 70.4. The van der Waals surface area contributed by atoms with E-state index in [9.17, 15) is 54.7 Å². The molecule has 6 rings (SSSR count). The van der Waals surface area contributed by atoms with Crippen LogP contribution in [-0.4, -0.2) is 89.7 Å². The molecule has 0 aliphatic carbocycles. The van der Waals surface area contributed by atoms with Gasteiger partial charge in [-0.15, -0.1) is 10.1 Å². The van der Waals surface area contributed by atoms with Crippen LogP contribution in [0.3, 0.4) is 0 Å². The number of imide groups is 2. The minimum Gasteiger partial charge on any atom is -0.748 e. The second-order valence-electron chi connectivity index (χ2n) is 15.8. The van der Waals surface area contributed by atoms with E-state index in [1.54, 1.807) is 0 Å². The van der Waals surface area contributed by atoms with Gasteiger partial charge in [0.25, 0.3) is 28.6 Å². The first kappa shape index (κ1) is 53.6. The number of fused-ring (bicyclic) bond motifs is 2. The predicted octanol–water partition coefficient (Wildman–Crippen LogP) is 1.95. The van der Waals surface area contributed by atoms with E-state index < -0.39 is 67.3 Å². The summed E-state index contributed by atoms with van der Waals surface area (Å²) in [5.41, 5.74) is 3.66. The number of benzene rings is 2. The Bertz CT molecular complexity index is 2580. The number of anilines is 1. The maximum absolute atomic E-state index is 12.4. The zero-order chi connectivity index (χ0) is 46.7. The van der Waals surface area contributed by atoms with Crippen molar-refractivity contribution in [1.29, 1.82) is 0 Å². The van der Waals surface area contributed by atoms with Crippen molar-refractivity contribution in [3.8, 4) is 0 Å². The molecule has 0 N–H and O–H groups in total. The van der Waals surface area contributed by atoms with Crippen LogP contribution in [0, 0.1) is 0 Å². The van der Waals surface area contributed by atoms with Gasteiger partial charge in [-0.3, -0.25) is 19.2 Å². The Balaban J connectivity index is 0.00000817. The number of hydrogen-bond acceptors (Lipinski definition) is 17. The number of carbonyl (C=O) groups is 6. The van der Waals surface area contributed by atoms with Crippen LogP contribution in [0.2, 0.25) is 0 Å². The zero-order valence-electron chi connectivity index (χ0n) is 36.5. The number of aryl methyl sites for hydroxylation is 3. The number of amides is 4. The summed E-state index contributed by atoms with van der Waals surface area (Å²) >= 11 is 3.07. The Labute approximate surface area is 433 Å². The second kappa shape index (κ2) is 24.8. The Hall–Kier alpha value is -3.36. The van der Waals surface area contributed by atoms with E-state index >= 15 is 0 Å². The topological polar surface area (TPSA) is 249 Å². The first-order chi connectivity index (χ1) is 30.9. The maximum Gasteiger partial charge on any atom is 1.00 e. The monoisotopic (exact) mass is 1010 g/mol. The normalized spacial score (nSPS) is 16.0. The van der Waals surface area contributed by atoms with Gasteiger partial charge >= 0.3 is 63.3 Å². The summed E-state index contributed by atoms with van der Waals surface area (Å²) in [6.45, 7) is 1.17. The maximum atomic E-state index is 12.4. The van der Waals surface area contributed by atoms with Crippen molar-refractivity contribution in [2.45, 2.75) is 114 Å². The predicted molar refractivity (Wildman–Crippen MR) is 236 cm³/mol. The summed E-state index contributed by atoms with van der Waals surface area (Å²) in [5.74, 6) is -4.36. The Morgan fingerprint density at radius 1 is 0.697 bits per heavy atom. The fourth-order valence-corrected chi connectivity index (χ4v) is 10.8. The Morgan fingerprint density at radius 2 is 1.23 bits per heavy atom. The molecule has 66 heavy (non-hydrogen) atoms. The first-order valence-electron chi connectivity index (χ1n) is 21.4. The first-order valence-corrected chi connectivity index (χ1v) is 26.1. The molecule has 3 aliphatic heterocycles. The second-order valence-corrected chi connectivity index (χ2v) is 20.9. The molecule has 1 aromatic heterocycles. The summed E-state index contributed by atoms with van der Waals surface area (Å²) in [7, 11) is -8.68. The van der Waals surface area contributed by atoms with Crippen LogP contribution in [0.1, 0.15) is 106 Å². The molecule has 0 bridgehead atoms. The van der Waals surface area contributed by atoms with Crippen molar-refractivity contribution < 1.29 is 120 Å². The van der Waals surface area contributed by atoms with Gasteiger partial charge < -0.3 is 23.7 Å². The molecule has 0 saturated carbocycles. The number of allylic oxidation sites excluding steroid dienone is 2. The van der Waals surface area contributed by atoms with Crippen molar-refractivity contribution in [2.75, 3.05) is 23.0 Å². The van der Waals surface area contributed by atoms with Crippen LogP contribution in [0.5, 0.6) is 0 Å². The molecule has 3 aliphatic rings. The fourth-order valence-electron chi connectivity index (χ4n) is 7.48. The van der Waals surface area contributed by atoms with Gasteiger partial charge in [0.05, 0.1) is 31.0 Å². The molecule has 4 heterocycles. The van der Waals surface area contributed by atoms with Gasteiger partial charge in [0, 0.05) is 80.0 Å². The summed E-state index contributed by atoms with van der Waals surface area (Å²) in [6, 6.07) is 11.7. The number of hydrogen-bond donors (Lipinski definition) is 0. The van der Waals surface area contributed by atoms with Crippen molar-refractivity contribution >= 4 is 101 Å². The van der Waals surface area contributed by atoms with E-state index in [1.165, 1.54) is 23.1 Å².